The number of carbonyl (C=O) groups is 1. The average molecular weight is 237 g/mol. The molecular weight excluding hydrogens is 228 g/mol. The molecule has 0 radical (unpaired) electrons. The maximum absolute atomic E-state index is 11.7. The smallest absolute Gasteiger partial charge is 0.274 e. The molecule has 2 rings (SSSR count). The number of halogens is 1. The minimum atomic E-state index is -0.310. The first-order chi connectivity index (χ1) is 7.65. The number of hydrogen-bond acceptors (Lipinski definition) is 3. The van der Waals surface area contributed by atoms with Gasteiger partial charge in [0.1, 0.15) is 5.69 Å². The normalized spacial score (nSPS) is 10.1. The lowest BCUT2D eigenvalue weighted by molar-refractivity contribution is 0.102. The summed E-state index contributed by atoms with van der Waals surface area (Å²) in [5.74, 6) is -0.310. The third-order valence-electron chi connectivity index (χ3n) is 1.92. The van der Waals surface area contributed by atoms with Gasteiger partial charge in [-0.05, 0) is 12.1 Å². The molecule has 2 aromatic rings. The summed E-state index contributed by atoms with van der Waals surface area (Å²) in [7, 11) is 1.77. The van der Waals surface area contributed by atoms with Crippen LogP contribution in [0, 0.1) is 0 Å². The van der Waals surface area contributed by atoms with Gasteiger partial charge in [-0.2, -0.15) is 5.10 Å². The van der Waals surface area contributed by atoms with Crippen molar-refractivity contribution in [3.05, 3.63) is 41.4 Å². The van der Waals surface area contributed by atoms with Crippen molar-refractivity contribution in [1.82, 2.24) is 14.8 Å². The molecule has 6 heteroatoms. The van der Waals surface area contributed by atoms with Crippen LogP contribution < -0.4 is 5.32 Å². The molecule has 1 N–H and O–H groups in total. The highest BCUT2D eigenvalue weighted by molar-refractivity contribution is 6.30. The zero-order valence-corrected chi connectivity index (χ0v) is 9.27. The third-order valence-corrected chi connectivity index (χ3v) is 2.15. The monoisotopic (exact) mass is 236 g/mol. The van der Waals surface area contributed by atoms with E-state index in [2.05, 4.69) is 15.4 Å². The summed E-state index contributed by atoms with van der Waals surface area (Å²) >= 11 is 5.76. The standard InChI is InChI=1S/C10H9ClN4O/c1-15-6-8(5-13-15)14-10(16)9-4-7(11)2-3-12-9/h2-6H,1H3,(H,14,16). The van der Waals surface area contributed by atoms with Crippen LogP contribution in [-0.2, 0) is 7.05 Å². The molecule has 0 unspecified atom stereocenters. The predicted octanol–water partition coefficient (Wildman–Crippen LogP) is 1.72. The Morgan fingerprint density at radius 3 is 3.00 bits per heavy atom. The van der Waals surface area contributed by atoms with Crippen molar-refractivity contribution < 1.29 is 4.79 Å². The van der Waals surface area contributed by atoms with E-state index in [4.69, 9.17) is 11.6 Å². The Hall–Kier alpha value is -1.88. The number of carbonyl (C=O) groups excluding carboxylic acids is 1. The van der Waals surface area contributed by atoms with Crippen LogP contribution in [0.1, 0.15) is 10.5 Å². The maximum atomic E-state index is 11.7. The Morgan fingerprint density at radius 1 is 1.56 bits per heavy atom. The first kappa shape index (κ1) is 10.6. The van der Waals surface area contributed by atoms with Crippen molar-refractivity contribution in [1.29, 1.82) is 0 Å². The van der Waals surface area contributed by atoms with Gasteiger partial charge in [-0.1, -0.05) is 11.6 Å². The second kappa shape index (κ2) is 4.32. The number of nitrogens with zero attached hydrogens (tertiary/aromatic N) is 3. The van der Waals surface area contributed by atoms with E-state index >= 15 is 0 Å². The summed E-state index contributed by atoms with van der Waals surface area (Å²) in [5.41, 5.74) is 0.894. The quantitative estimate of drug-likeness (QED) is 0.864. The first-order valence-electron chi connectivity index (χ1n) is 4.57. The summed E-state index contributed by atoms with van der Waals surface area (Å²) in [5, 5.41) is 7.08. The summed E-state index contributed by atoms with van der Waals surface area (Å²) in [4.78, 5) is 15.6. The molecule has 0 aliphatic heterocycles. The Labute approximate surface area is 97.1 Å². The molecule has 0 atom stereocenters. The predicted molar refractivity (Wildman–Crippen MR) is 60.4 cm³/mol. The topological polar surface area (TPSA) is 59.8 Å². The molecule has 0 saturated carbocycles. The van der Waals surface area contributed by atoms with Gasteiger partial charge < -0.3 is 5.32 Å². The lowest BCUT2D eigenvalue weighted by Crippen LogP contribution is -2.12. The molecule has 0 bridgehead atoms. The van der Waals surface area contributed by atoms with Gasteiger partial charge in [-0.3, -0.25) is 14.5 Å². The molecular formula is C10H9ClN4O. The molecule has 16 heavy (non-hydrogen) atoms. The van der Waals surface area contributed by atoms with Crippen molar-refractivity contribution in [2.75, 3.05) is 5.32 Å². The molecule has 0 aliphatic carbocycles. The summed E-state index contributed by atoms with van der Waals surface area (Å²) < 4.78 is 1.60. The van der Waals surface area contributed by atoms with E-state index in [-0.39, 0.29) is 11.6 Å². The molecule has 0 fully saturated rings. The SMILES string of the molecule is Cn1cc(NC(=O)c2cc(Cl)ccn2)cn1. The van der Waals surface area contributed by atoms with Crippen LogP contribution in [0.5, 0.6) is 0 Å². The Kier molecular flexibility index (Phi) is 2.87. The highest BCUT2D eigenvalue weighted by Crippen LogP contribution is 2.10. The van der Waals surface area contributed by atoms with Crippen molar-refractivity contribution in [3.8, 4) is 0 Å². The second-order valence-corrected chi connectivity index (χ2v) is 3.65. The minimum Gasteiger partial charge on any atom is -0.318 e. The number of aryl methyl sites for hydroxylation is 1. The molecule has 0 spiro atoms. The number of rotatable bonds is 2. The number of amides is 1. The van der Waals surface area contributed by atoms with E-state index in [0.29, 0.717) is 10.7 Å². The van der Waals surface area contributed by atoms with E-state index in [1.54, 1.807) is 30.2 Å². The average Bonchev–Trinajstić information content (AvgIpc) is 2.64. The fourth-order valence-corrected chi connectivity index (χ4v) is 1.37. The fourth-order valence-electron chi connectivity index (χ4n) is 1.21. The van der Waals surface area contributed by atoms with Gasteiger partial charge in [0.15, 0.2) is 0 Å². The second-order valence-electron chi connectivity index (χ2n) is 3.22. The van der Waals surface area contributed by atoms with Gasteiger partial charge in [0.2, 0.25) is 0 Å². The number of anilines is 1. The maximum Gasteiger partial charge on any atom is 0.274 e. The van der Waals surface area contributed by atoms with Crippen LogP contribution in [-0.4, -0.2) is 20.7 Å². The Morgan fingerprint density at radius 2 is 2.38 bits per heavy atom. The third kappa shape index (κ3) is 2.38. The van der Waals surface area contributed by atoms with E-state index in [9.17, 15) is 4.79 Å². The zero-order valence-electron chi connectivity index (χ0n) is 8.51. The largest absolute Gasteiger partial charge is 0.318 e. The van der Waals surface area contributed by atoms with Crippen LogP contribution in [0.15, 0.2) is 30.7 Å². The van der Waals surface area contributed by atoms with E-state index in [1.807, 2.05) is 0 Å². The Bertz CT molecular complexity index is 523. The fraction of sp³-hybridized carbons (Fsp3) is 0.100. The highest BCUT2D eigenvalue weighted by Gasteiger charge is 2.08. The molecule has 0 aliphatic rings. The summed E-state index contributed by atoms with van der Waals surface area (Å²) in [6, 6.07) is 3.12. The minimum absolute atomic E-state index is 0.274. The van der Waals surface area contributed by atoms with Crippen LogP contribution >= 0.6 is 11.6 Å². The van der Waals surface area contributed by atoms with Gasteiger partial charge >= 0.3 is 0 Å². The summed E-state index contributed by atoms with van der Waals surface area (Å²) in [6.07, 6.45) is 4.74. The molecule has 1 amide bonds. The molecule has 5 nitrogen and oxygen atoms in total. The van der Waals surface area contributed by atoms with Gasteiger partial charge in [0.05, 0.1) is 11.9 Å². The Balaban J connectivity index is 2.14. The number of aromatic nitrogens is 3. The van der Waals surface area contributed by atoms with Gasteiger partial charge in [-0.25, -0.2) is 0 Å². The van der Waals surface area contributed by atoms with Gasteiger partial charge in [0, 0.05) is 24.5 Å². The van der Waals surface area contributed by atoms with Crippen molar-refractivity contribution >= 4 is 23.2 Å². The van der Waals surface area contributed by atoms with Crippen LogP contribution in [0.4, 0.5) is 5.69 Å². The zero-order chi connectivity index (χ0) is 11.5. The van der Waals surface area contributed by atoms with Crippen molar-refractivity contribution in [2.45, 2.75) is 0 Å². The molecule has 0 aromatic carbocycles. The van der Waals surface area contributed by atoms with Crippen LogP contribution in [0.2, 0.25) is 5.02 Å². The highest BCUT2D eigenvalue weighted by atomic mass is 35.5. The van der Waals surface area contributed by atoms with Gasteiger partial charge in [-0.15, -0.1) is 0 Å². The summed E-state index contributed by atoms with van der Waals surface area (Å²) in [6.45, 7) is 0. The lowest BCUT2D eigenvalue weighted by Gasteiger charge is -2.01. The van der Waals surface area contributed by atoms with Crippen LogP contribution in [0.25, 0.3) is 0 Å². The first-order valence-corrected chi connectivity index (χ1v) is 4.94. The molecule has 2 aromatic heterocycles. The van der Waals surface area contributed by atoms with E-state index < -0.39 is 0 Å². The van der Waals surface area contributed by atoms with Gasteiger partial charge in [0.25, 0.3) is 5.91 Å². The number of nitrogens with one attached hydrogen (secondary N) is 1. The number of hydrogen-bond donors (Lipinski definition) is 1. The number of pyridine rings is 1. The van der Waals surface area contributed by atoms with Crippen LogP contribution in [0.3, 0.4) is 0 Å². The van der Waals surface area contributed by atoms with E-state index in [0.717, 1.165) is 0 Å². The molecule has 0 saturated heterocycles. The molecule has 2 heterocycles. The van der Waals surface area contributed by atoms with Crippen molar-refractivity contribution in [2.24, 2.45) is 7.05 Å². The molecule has 82 valence electrons. The lowest BCUT2D eigenvalue weighted by atomic mass is 10.3. The van der Waals surface area contributed by atoms with E-state index in [1.165, 1.54) is 12.3 Å². The van der Waals surface area contributed by atoms with Crippen molar-refractivity contribution in [3.63, 3.8) is 0 Å².